The molecule has 0 aromatic carbocycles. The summed E-state index contributed by atoms with van der Waals surface area (Å²) in [7, 11) is 0. The van der Waals surface area contributed by atoms with E-state index in [1.165, 1.54) is 10.9 Å². The monoisotopic (exact) mass is 236 g/mol. The van der Waals surface area contributed by atoms with Gasteiger partial charge in [-0.2, -0.15) is 18.3 Å². The van der Waals surface area contributed by atoms with Gasteiger partial charge in [0.15, 0.2) is 0 Å². The van der Waals surface area contributed by atoms with Crippen molar-refractivity contribution in [2.24, 2.45) is 0 Å². The van der Waals surface area contributed by atoms with E-state index in [0.29, 0.717) is 12.0 Å². The Morgan fingerprint density at radius 3 is 2.75 bits per heavy atom. The van der Waals surface area contributed by atoms with Gasteiger partial charge in [0.1, 0.15) is 0 Å². The Labute approximate surface area is 91.9 Å². The van der Waals surface area contributed by atoms with Crippen molar-refractivity contribution in [1.29, 1.82) is 0 Å². The van der Waals surface area contributed by atoms with Gasteiger partial charge in [0, 0.05) is 24.7 Å². The van der Waals surface area contributed by atoms with Gasteiger partial charge in [0.25, 0.3) is 0 Å². The number of alkyl halides is 3. The number of hydrogen-bond acceptors (Lipinski definition) is 2. The summed E-state index contributed by atoms with van der Waals surface area (Å²) in [6.45, 7) is 2.04. The molecule has 1 aromatic heterocycles. The Morgan fingerprint density at radius 2 is 2.19 bits per heavy atom. The molecule has 0 saturated heterocycles. The van der Waals surface area contributed by atoms with E-state index >= 15 is 0 Å². The molecule has 6 heteroatoms. The molecular formula is C10H15F3N2O. The normalized spacial score (nSPS) is 14.1. The molecule has 0 fully saturated rings. The summed E-state index contributed by atoms with van der Waals surface area (Å²) in [6, 6.07) is 0. The van der Waals surface area contributed by atoms with Crippen molar-refractivity contribution in [1.82, 2.24) is 9.78 Å². The smallest absolute Gasteiger partial charge is 0.388 e. The minimum absolute atomic E-state index is 0.00679. The van der Waals surface area contributed by atoms with Crippen LogP contribution in [0.1, 0.15) is 37.9 Å². The molecular weight excluding hydrogens is 221 g/mol. The lowest BCUT2D eigenvalue weighted by Gasteiger charge is -2.06. The number of nitrogens with zero attached hydrogens (tertiary/aromatic N) is 2. The average molecular weight is 236 g/mol. The lowest BCUT2D eigenvalue weighted by atomic mass is 10.2. The molecule has 1 heterocycles. The fraction of sp³-hybridized carbons (Fsp3) is 0.700. The van der Waals surface area contributed by atoms with Crippen molar-refractivity contribution in [2.45, 2.75) is 45.0 Å². The van der Waals surface area contributed by atoms with Crippen molar-refractivity contribution < 1.29 is 18.3 Å². The summed E-state index contributed by atoms with van der Waals surface area (Å²) in [5.74, 6) is 0. The van der Waals surface area contributed by atoms with Crippen LogP contribution in [0.5, 0.6) is 0 Å². The minimum Gasteiger partial charge on any atom is -0.388 e. The SMILES string of the molecule is CCC(O)c1cnn(CCCC(F)(F)F)c1. The van der Waals surface area contributed by atoms with Crippen molar-refractivity contribution in [2.75, 3.05) is 0 Å². The zero-order valence-corrected chi connectivity index (χ0v) is 9.04. The third-order valence-corrected chi connectivity index (χ3v) is 2.27. The van der Waals surface area contributed by atoms with Gasteiger partial charge in [0.05, 0.1) is 12.3 Å². The number of hydrogen-bond donors (Lipinski definition) is 1. The van der Waals surface area contributed by atoms with Gasteiger partial charge in [-0.3, -0.25) is 4.68 Å². The highest BCUT2D eigenvalue weighted by Gasteiger charge is 2.26. The topological polar surface area (TPSA) is 38.1 Å². The minimum atomic E-state index is -4.11. The maximum atomic E-state index is 11.9. The second kappa shape index (κ2) is 5.34. The van der Waals surface area contributed by atoms with Crippen LogP contribution >= 0.6 is 0 Å². The van der Waals surface area contributed by atoms with Crippen LogP contribution in [0.4, 0.5) is 13.2 Å². The van der Waals surface area contributed by atoms with E-state index in [1.54, 1.807) is 6.20 Å². The molecule has 3 nitrogen and oxygen atoms in total. The third-order valence-electron chi connectivity index (χ3n) is 2.27. The summed E-state index contributed by atoms with van der Waals surface area (Å²) < 4.78 is 37.1. The highest BCUT2D eigenvalue weighted by Crippen LogP contribution is 2.22. The highest BCUT2D eigenvalue weighted by molar-refractivity contribution is 5.07. The number of rotatable bonds is 5. The number of aryl methyl sites for hydroxylation is 1. The third kappa shape index (κ3) is 4.22. The van der Waals surface area contributed by atoms with Crippen LogP contribution in [0, 0.1) is 0 Å². The van der Waals surface area contributed by atoms with Crippen LogP contribution in [-0.2, 0) is 6.54 Å². The molecule has 1 atom stereocenters. The Kier molecular flexibility index (Phi) is 4.35. The standard InChI is InChI=1S/C10H15F3N2O/c1-2-9(16)8-6-14-15(7-8)5-3-4-10(11,12)13/h6-7,9,16H,2-5H2,1H3. The molecule has 0 aliphatic heterocycles. The van der Waals surface area contributed by atoms with E-state index in [2.05, 4.69) is 5.10 Å². The molecule has 16 heavy (non-hydrogen) atoms. The van der Waals surface area contributed by atoms with Gasteiger partial charge >= 0.3 is 6.18 Å². The van der Waals surface area contributed by atoms with Crippen LogP contribution in [0.2, 0.25) is 0 Å². The maximum absolute atomic E-state index is 11.9. The average Bonchev–Trinajstić information content (AvgIpc) is 2.63. The van der Waals surface area contributed by atoms with Crippen molar-refractivity contribution in [3.63, 3.8) is 0 Å². The Bertz CT molecular complexity index is 322. The van der Waals surface area contributed by atoms with E-state index in [4.69, 9.17) is 0 Å². The molecule has 0 aliphatic rings. The number of halogens is 3. The molecule has 0 saturated carbocycles. The summed E-state index contributed by atoms with van der Waals surface area (Å²) in [5.41, 5.74) is 0.648. The lowest BCUT2D eigenvalue weighted by Crippen LogP contribution is -2.09. The summed E-state index contributed by atoms with van der Waals surface area (Å²) >= 11 is 0. The molecule has 1 aromatic rings. The predicted molar refractivity (Wildman–Crippen MR) is 52.8 cm³/mol. The zero-order chi connectivity index (χ0) is 12.2. The Hall–Kier alpha value is -1.04. The molecule has 1 rings (SSSR count). The van der Waals surface area contributed by atoms with Crippen LogP contribution in [-0.4, -0.2) is 21.1 Å². The zero-order valence-electron chi connectivity index (χ0n) is 9.04. The van der Waals surface area contributed by atoms with Gasteiger partial charge in [-0.15, -0.1) is 0 Å². The quantitative estimate of drug-likeness (QED) is 0.853. The van der Waals surface area contributed by atoms with Crippen molar-refractivity contribution in [3.8, 4) is 0 Å². The van der Waals surface area contributed by atoms with E-state index in [0.717, 1.165) is 0 Å². The summed E-state index contributed by atoms with van der Waals surface area (Å²) in [4.78, 5) is 0. The molecule has 0 aliphatic carbocycles. The van der Waals surface area contributed by atoms with Gasteiger partial charge in [-0.05, 0) is 12.8 Å². The molecule has 92 valence electrons. The second-order valence-electron chi connectivity index (χ2n) is 3.68. The van der Waals surface area contributed by atoms with Gasteiger partial charge in [-0.1, -0.05) is 6.92 Å². The summed E-state index contributed by atoms with van der Waals surface area (Å²) in [6.07, 6.45) is -1.86. The first kappa shape index (κ1) is 13.0. The van der Waals surface area contributed by atoms with Crippen LogP contribution in [0.3, 0.4) is 0 Å². The first-order valence-corrected chi connectivity index (χ1v) is 5.19. The first-order chi connectivity index (χ1) is 7.42. The molecule has 0 radical (unpaired) electrons. The summed E-state index contributed by atoms with van der Waals surface area (Å²) in [5, 5.41) is 13.4. The number of aromatic nitrogens is 2. The van der Waals surface area contributed by atoms with E-state index in [1.807, 2.05) is 6.92 Å². The fourth-order valence-electron chi connectivity index (χ4n) is 1.35. The Morgan fingerprint density at radius 1 is 1.50 bits per heavy atom. The van der Waals surface area contributed by atoms with E-state index in [-0.39, 0.29) is 13.0 Å². The van der Waals surface area contributed by atoms with Crippen LogP contribution in [0.15, 0.2) is 12.4 Å². The van der Waals surface area contributed by atoms with Crippen molar-refractivity contribution >= 4 is 0 Å². The number of aliphatic hydroxyl groups excluding tert-OH is 1. The largest absolute Gasteiger partial charge is 0.389 e. The molecule has 0 amide bonds. The van der Waals surface area contributed by atoms with Crippen LogP contribution in [0.25, 0.3) is 0 Å². The molecule has 1 N–H and O–H groups in total. The van der Waals surface area contributed by atoms with Gasteiger partial charge in [-0.25, -0.2) is 0 Å². The van der Waals surface area contributed by atoms with E-state index < -0.39 is 18.7 Å². The first-order valence-electron chi connectivity index (χ1n) is 5.19. The van der Waals surface area contributed by atoms with Crippen molar-refractivity contribution in [3.05, 3.63) is 18.0 Å². The highest BCUT2D eigenvalue weighted by atomic mass is 19.4. The Balaban J connectivity index is 2.41. The lowest BCUT2D eigenvalue weighted by molar-refractivity contribution is -0.136. The van der Waals surface area contributed by atoms with Crippen LogP contribution < -0.4 is 0 Å². The second-order valence-corrected chi connectivity index (χ2v) is 3.68. The van der Waals surface area contributed by atoms with Gasteiger partial charge < -0.3 is 5.11 Å². The molecule has 0 bridgehead atoms. The maximum Gasteiger partial charge on any atom is 0.389 e. The fourth-order valence-corrected chi connectivity index (χ4v) is 1.35. The van der Waals surface area contributed by atoms with E-state index in [9.17, 15) is 18.3 Å². The number of aliphatic hydroxyl groups is 1. The molecule has 0 spiro atoms. The van der Waals surface area contributed by atoms with Gasteiger partial charge in [0.2, 0.25) is 0 Å². The predicted octanol–water partition coefficient (Wildman–Crippen LogP) is 2.67. The molecule has 1 unspecified atom stereocenters.